The normalized spacial score (nSPS) is 15.6. The number of ether oxygens (including phenoxy) is 1. The molecule has 5 rings (SSSR count). The maximum atomic E-state index is 10.8. The number of aliphatic hydroxyl groups is 1. The Bertz CT molecular complexity index is 1330. The Morgan fingerprint density at radius 2 is 1.83 bits per heavy atom. The number of hydrogen-bond acceptors (Lipinski definition) is 8. The molecular formula is C25H27ClN4O4S. The van der Waals surface area contributed by atoms with E-state index in [2.05, 4.69) is 9.88 Å². The standard InChI is InChI=1S/C25H27ClN4O4S/c1-16-27-20-12-18(6-7-23(20)35-16)34-15-17(31)14-28-8-10-29(11-9-28)22-13-24(32)30(25(22)33)21-5-3-2-4-19(21)26/h2-7,12-13,17,31-33H,8-11,14-15H2,1H3. The summed E-state index contributed by atoms with van der Waals surface area (Å²) in [6.45, 7) is 5.37. The fraction of sp³-hybridized carbons (Fsp3) is 0.320. The van der Waals surface area contributed by atoms with Crippen molar-refractivity contribution in [3.8, 4) is 23.2 Å². The summed E-state index contributed by atoms with van der Waals surface area (Å²) < 4.78 is 8.27. The first-order valence-corrected chi connectivity index (χ1v) is 12.6. The van der Waals surface area contributed by atoms with Crippen molar-refractivity contribution in [2.75, 3.05) is 44.2 Å². The lowest BCUT2D eigenvalue weighted by Gasteiger charge is -2.36. The number of fused-ring (bicyclic) bond motifs is 1. The number of thiazole rings is 1. The molecule has 1 fully saturated rings. The summed E-state index contributed by atoms with van der Waals surface area (Å²) in [6, 6.07) is 14.4. The van der Waals surface area contributed by atoms with E-state index in [1.165, 1.54) is 4.57 Å². The van der Waals surface area contributed by atoms with E-state index in [1.54, 1.807) is 41.7 Å². The fourth-order valence-electron chi connectivity index (χ4n) is 4.40. The third-order valence-electron chi connectivity index (χ3n) is 6.12. The molecule has 4 aromatic rings. The minimum absolute atomic E-state index is 0.0511. The number of anilines is 1. The quantitative estimate of drug-likeness (QED) is 0.343. The van der Waals surface area contributed by atoms with Gasteiger partial charge < -0.3 is 25.0 Å². The zero-order chi connectivity index (χ0) is 24.5. The lowest BCUT2D eigenvalue weighted by Crippen LogP contribution is -2.49. The highest BCUT2D eigenvalue weighted by atomic mass is 35.5. The van der Waals surface area contributed by atoms with Crippen LogP contribution in [0.25, 0.3) is 15.9 Å². The van der Waals surface area contributed by atoms with Crippen LogP contribution >= 0.6 is 22.9 Å². The second-order valence-electron chi connectivity index (χ2n) is 8.61. The second kappa shape index (κ2) is 9.94. The summed E-state index contributed by atoms with van der Waals surface area (Å²) >= 11 is 7.90. The number of hydrogen-bond donors (Lipinski definition) is 3. The predicted molar refractivity (Wildman–Crippen MR) is 139 cm³/mol. The topological polar surface area (TPSA) is 94.2 Å². The Kier molecular flexibility index (Phi) is 6.75. The molecule has 0 spiro atoms. The van der Waals surface area contributed by atoms with Gasteiger partial charge in [-0.3, -0.25) is 4.90 Å². The van der Waals surface area contributed by atoms with E-state index in [4.69, 9.17) is 16.3 Å². The van der Waals surface area contributed by atoms with Crippen LogP contribution in [0.3, 0.4) is 0 Å². The molecule has 1 atom stereocenters. The number of rotatable bonds is 7. The Hall–Kier alpha value is -2.98. The summed E-state index contributed by atoms with van der Waals surface area (Å²) in [5.41, 5.74) is 1.98. The molecule has 8 nitrogen and oxygen atoms in total. The van der Waals surface area contributed by atoms with Crippen LogP contribution in [-0.2, 0) is 0 Å². The molecule has 1 unspecified atom stereocenters. The van der Waals surface area contributed by atoms with Crippen LogP contribution in [0.5, 0.6) is 17.5 Å². The molecule has 184 valence electrons. The van der Waals surface area contributed by atoms with Gasteiger partial charge >= 0.3 is 0 Å². The Balaban J connectivity index is 1.15. The highest BCUT2D eigenvalue weighted by Gasteiger charge is 2.25. The van der Waals surface area contributed by atoms with E-state index in [-0.39, 0.29) is 18.4 Å². The summed E-state index contributed by atoms with van der Waals surface area (Å²) in [7, 11) is 0. The third kappa shape index (κ3) is 5.04. The van der Waals surface area contributed by atoms with Crippen molar-refractivity contribution < 1.29 is 20.1 Å². The molecule has 1 aliphatic heterocycles. The lowest BCUT2D eigenvalue weighted by atomic mass is 10.2. The van der Waals surface area contributed by atoms with Crippen LogP contribution in [0.15, 0.2) is 48.5 Å². The second-order valence-corrected chi connectivity index (χ2v) is 10.3. The molecule has 3 heterocycles. The van der Waals surface area contributed by atoms with E-state index in [9.17, 15) is 15.3 Å². The molecule has 2 aromatic carbocycles. The molecule has 1 saturated heterocycles. The van der Waals surface area contributed by atoms with Crippen molar-refractivity contribution in [3.63, 3.8) is 0 Å². The Labute approximate surface area is 212 Å². The summed E-state index contributed by atoms with van der Waals surface area (Å²) in [6.07, 6.45) is -0.631. The largest absolute Gasteiger partial charge is 0.494 e. The molecule has 10 heteroatoms. The van der Waals surface area contributed by atoms with Crippen molar-refractivity contribution in [3.05, 3.63) is 58.6 Å². The van der Waals surface area contributed by atoms with Crippen LogP contribution in [-0.4, -0.2) is 75.2 Å². The molecule has 3 N–H and O–H groups in total. The number of para-hydroxylation sites is 1. The highest BCUT2D eigenvalue weighted by molar-refractivity contribution is 7.18. The first kappa shape index (κ1) is 23.7. The third-order valence-corrected chi connectivity index (χ3v) is 7.39. The van der Waals surface area contributed by atoms with E-state index in [1.807, 2.05) is 30.0 Å². The Morgan fingerprint density at radius 3 is 2.60 bits per heavy atom. The molecule has 0 saturated carbocycles. The van der Waals surface area contributed by atoms with Gasteiger partial charge in [0, 0.05) is 44.9 Å². The average Bonchev–Trinajstić information content (AvgIpc) is 3.36. The van der Waals surface area contributed by atoms with Crippen molar-refractivity contribution in [1.82, 2.24) is 14.5 Å². The minimum Gasteiger partial charge on any atom is -0.494 e. The van der Waals surface area contributed by atoms with Gasteiger partial charge in [0.25, 0.3) is 0 Å². The van der Waals surface area contributed by atoms with E-state index < -0.39 is 6.10 Å². The monoisotopic (exact) mass is 514 g/mol. The maximum Gasteiger partial charge on any atom is 0.223 e. The molecule has 0 radical (unpaired) electrons. The molecule has 0 amide bonds. The van der Waals surface area contributed by atoms with Gasteiger partial charge in [-0.1, -0.05) is 23.7 Å². The van der Waals surface area contributed by atoms with Crippen LogP contribution in [0.1, 0.15) is 5.01 Å². The number of aryl methyl sites for hydroxylation is 1. The predicted octanol–water partition coefficient (Wildman–Crippen LogP) is 4.02. The zero-order valence-electron chi connectivity index (χ0n) is 19.3. The molecule has 2 aromatic heterocycles. The average molecular weight is 515 g/mol. The number of β-amino-alcohol motifs (C(OH)–C–C–N with tert-alkyl or cyclic N) is 1. The van der Waals surface area contributed by atoms with Crippen molar-refractivity contribution in [2.24, 2.45) is 0 Å². The first-order chi connectivity index (χ1) is 16.9. The smallest absolute Gasteiger partial charge is 0.223 e. The molecule has 1 aliphatic rings. The van der Waals surface area contributed by atoms with Crippen LogP contribution in [0.2, 0.25) is 5.02 Å². The number of aromatic nitrogens is 2. The van der Waals surface area contributed by atoms with E-state index in [0.29, 0.717) is 54.9 Å². The number of benzene rings is 2. The molecule has 0 aliphatic carbocycles. The van der Waals surface area contributed by atoms with Gasteiger partial charge in [-0.25, -0.2) is 9.55 Å². The number of aliphatic hydroxyl groups excluding tert-OH is 1. The first-order valence-electron chi connectivity index (χ1n) is 11.4. The van der Waals surface area contributed by atoms with Gasteiger partial charge in [0.15, 0.2) is 0 Å². The summed E-state index contributed by atoms with van der Waals surface area (Å²) in [4.78, 5) is 8.67. The minimum atomic E-state index is -0.631. The SMILES string of the molecule is Cc1nc2cc(OCC(O)CN3CCN(c4cc(O)n(-c5ccccc5Cl)c4O)CC3)ccc2s1. The van der Waals surface area contributed by atoms with Gasteiger partial charge in [-0.05, 0) is 31.2 Å². The van der Waals surface area contributed by atoms with E-state index in [0.717, 1.165) is 15.2 Å². The summed E-state index contributed by atoms with van der Waals surface area (Å²) in [5, 5.41) is 33.3. The van der Waals surface area contributed by atoms with E-state index >= 15 is 0 Å². The number of halogens is 1. The van der Waals surface area contributed by atoms with Gasteiger partial charge in [0.1, 0.15) is 24.1 Å². The van der Waals surface area contributed by atoms with Gasteiger partial charge in [0.2, 0.25) is 11.8 Å². The lowest BCUT2D eigenvalue weighted by molar-refractivity contribution is 0.0663. The van der Waals surface area contributed by atoms with Crippen molar-refractivity contribution >= 4 is 38.8 Å². The number of aromatic hydroxyl groups is 2. The van der Waals surface area contributed by atoms with Crippen LogP contribution < -0.4 is 9.64 Å². The fourth-order valence-corrected chi connectivity index (χ4v) is 5.43. The zero-order valence-corrected chi connectivity index (χ0v) is 20.8. The van der Waals surface area contributed by atoms with Gasteiger partial charge in [-0.15, -0.1) is 11.3 Å². The molecule has 35 heavy (non-hydrogen) atoms. The number of piperazine rings is 1. The van der Waals surface area contributed by atoms with Crippen molar-refractivity contribution in [2.45, 2.75) is 13.0 Å². The Morgan fingerprint density at radius 1 is 1.06 bits per heavy atom. The molecular weight excluding hydrogens is 488 g/mol. The van der Waals surface area contributed by atoms with Crippen molar-refractivity contribution in [1.29, 1.82) is 0 Å². The molecule has 0 bridgehead atoms. The maximum absolute atomic E-state index is 10.8. The highest BCUT2D eigenvalue weighted by Crippen LogP contribution is 2.40. The van der Waals surface area contributed by atoms with Gasteiger partial charge in [-0.2, -0.15) is 0 Å². The van der Waals surface area contributed by atoms with Crippen LogP contribution in [0.4, 0.5) is 5.69 Å². The van der Waals surface area contributed by atoms with Gasteiger partial charge in [0.05, 0.1) is 25.9 Å². The van der Waals surface area contributed by atoms with Crippen LogP contribution in [0, 0.1) is 6.92 Å². The number of nitrogens with zero attached hydrogens (tertiary/aromatic N) is 4. The summed E-state index contributed by atoms with van der Waals surface area (Å²) in [5.74, 6) is 0.571.